The summed E-state index contributed by atoms with van der Waals surface area (Å²) in [5.74, 6) is 2.04. The van der Waals surface area contributed by atoms with Crippen LogP contribution >= 0.6 is 0 Å². The molecule has 0 saturated carbocycles. The maximum absolute atomic E-state index is 12.9. The van der Waals surface area contributed by atoms with Crippen LogP contribution in [-0.2, 0) is 6.42 Å². The van der Waals surface area contributed by atoms with Crippen molar-refractivity contribution in [2.24, 2.45) is 5.73 Å². The second-order valence-electron chi connectivity index (χ2n) is 9.71. The Morgan fingerprint density at radius 3 is 2.67 bits per heavy atom. The van der Waals surface area contributed by atoms with Crippen molar-refractivity contribution in [1.82, 2.24) is 24.6 Å². The number of aromatic nitrogens is 4. The highest BCUT2D eigenvalue weighted by atomic mass is 16.5. The molecular weight excluding hydrogens is 494 g/mol. The van der Waals surface area contributed by atoms with Crippen molar-refractivity contribution in [3.8, 4) is 17.3 Å². The number of benzene rings is 2. The lowest BCUT2D eigenvalue weighted by Crippen LogP contribution is -2.21. The van der Waals surface area contributed by atoms with Gasteiger partial charge in [-0.05, 0) is 62.2 Å². The summed E-state index contributed by atoms with van der Waals surface area (Å²) in [6.07, 6.45) is 3.25. The third kappa shape index (κ3) is 6.01. The van der Waals surface area contributed by atoms with Crippen molar-refractivity contribution >= 4 is 5.84 Å². The largest absolute Gasteiger partial charge is 0.490 e. The molecule has 0 radical (unpaired) electrons. The first-order valence-corrected chi connectivity index (χ1v) is 13.1. The molecule has 1 fully saturated rings. The Kier molecular flexibility index (Phi) is 7.74. The summed E-state index contributed by atoms with van der Waals surface area (Å²) in [4.78, 5) is 22.4. The van der Waals surface area contributed by atoms with E-state index in [1.165, 1.54) is 4.68 Å². The van der Waals surface area contributed by atoms with Gasteiger partial charge in [-0.15, -0.1) is 5.10 Å². The second kappa shape index (κ2) is 11.5. The minimum atomic E-state index is -0.365. The van der Waals surface area contributed by atoms with E-state index in [9.17, 15) is 4.79 Å². The van der Waals surface area contributed by atoms with E-state index in [4.69, 9.17) is 20.6 Å². The molecule has 0 spiro atoms. The van der Waals surface area contributed by atoms with Gasteiger partial charge in [0.25, 0.3) is 0 Å². The van der Waals surface area contributed by atoms with Gasteiger partial charge in [0.1, 0.15) is 17.8 Å². The highest BCUT2D eigenvalue weighted by Crippen LogP contribution is 2.35. The van der Waals surface area contributed by atoms with Crippen LogP contribution in [0.25, 0.3) is 5.82 Å². The number of H-pyrrole nitrogens is 1. The topological polar surface area (TPSA) is 135 Å². The molecule has 3 heterocycles. The zero-order valence-electron chi connectivity index (χ0n) is 22.1. The summed E-state index contributed by atoms with van der Waals surface area (Å²) in [6.45, 7) is 4.31. The predicted molar refractivity (Wildman–Crippen MR) is 149 cm³/mol. The molecule has 2 atom stereocenters. The number of aromatic amines is 1. The van der Waals surface area contributed by atoms with Crippen LogP contribution in [-0.4, -0.2) is 63.3 Å². The van der Waals surface area contributed by atoms with Crippen LogP contribution in [0.2, 0.25) is 0 Å². The Morgan fingerprint density at radius 2 is 2.00 bits per heavy atom. The number of amidine groups is 1. The van der Waals surface area contributed by atoms with Gasteiger partial charge in [-0.1, -0.05) is 36.4 Å². The lowest BCUT2D eigenvalue weighted by atomic mass is 9.90. The van der Waals surface area contributed by atoms with Gasteiger partial charge >= 0.3 is 5.69 Å². The summed E-state index contributed by atoms with van der Waals surface area (Å²) >= 11 is 0. The number of hydrogen-bond acceptors (Lipinski definition) is 7. The van der Waals surface area contributed by atoms with Crippen molar-refractivity contribution in [2.75, 3.05) is 26.7 Å². The molecule has 2 unspecified atom stereocenters. The quantitative estimate of drug-likeness (QED) is 0.213. The van der Waals surface area contributed by atoms with Crippen molar-refractivity contribution in [3.63, 3.8) is 0 Å². The molecule has 0 amide bonds. The van der Waals surface area contributed by atoms with Crippen molar-refractivity contribution in [1.29, 1.82) is 5.41 Å². The van der Waals surface area contributed by atoms with Crippen molar-refractivity contribution < 1.29 is 9.47 Å². The van der Waals surface area contributed by atoms with E-state index in [1.807, 2.05) is 55.5 Å². The Labute approximate surface area is 226 Å². The molecule has 0 aliphatic carbocycles. The number of likely N-dealkylation sites (tertiary alicyclic amines) is 1. The molecule has 1 saturated heterocycles. The normalized spacial score (nSPS) is 16.2. The fourth-order valence-corrected chi connectivity index (χ4v) is 4.84. The molecule has 2 aromatic heterocycles. The third-order valence-electron chi connectivity index (χ3n) is 6.85. The van der Waals surface area contributed by atoms with Gasteiger partial charge in [-0.3, -0.25) is 10.4 Å². The van der Waals surface area contributed by atoms with E-state index in [0.717, 1.165) is 30.6 Å². The summed E-state index contributed by atoms with van der Waals surface area (Å²) in [7, 11) is 2.09. The first-order chi connectivity index (χ1) is 18.9. The van der Waals surface area contributed by atoms with Gasteiger partial charge in [0.15, 0.2) is 17.3 Å². The van der Waals surface area contributed by atoms with E-state index < -0.39 is 0 Å². The molecule has 10 heteroatoms. The molecule has 10 nitrogen and oxygen atoms in total. The average molecular weight is 528 g/mol. The Bertz CT molecular complexity index is 1480. The Hall–Kier alpha value is -4.44. The first kappa shape index (κ1) is 26.2. The minimum absolute atomic E-state index is 0.0157. The van der Waals surface area contributed by atoms with Gasteiger partial charge in [0.2, 0.25) is 0 Å². The van der Waals surface area contributed by atoms with Crippen LogP contribution in [0.5, 0.6) is 11.5 Å². The lowest BCUT2D eigenvalue weighted by Gasteiger charge is -2.20. The van der Waals surface area contributed by atoms with Gasteiger partial charge in [-0.2, -0.15) is 4.68 Å². The number of pyridine rings is 1. The van der Waals surface area contributed by atoms with E-state index in [2.05, 4.69) is 27.0 Å². The molecule has 4 N–H and O–H groups in total. The van der Waals surface area contributed by atoms with Crippen LogP contribution < -0.4 is 20.9 Å². The highest BCUT2D eigenvalue weighted by molar-refractivity contribution is 5.94. The van der Waals surface area contributed by atoms with Gasteiger partial charge in [0.05, 0.1) is 6.61 Å². The molecular formula is C29H33N7O3. The molecule has 0 bridgehead atoms. The molecule has 4 aromatic rings. The number of nitrogens with two attached hydrogens (primary N) is 1. The second-order valence-corrected chi connectivity index (χ2v) is 9.71. The molecule has 202 valence electrons. The predicted octanol–water partition coefficient (Wildman–Crippen LogP) is 3.10. The smallest absolute Gasteiger partial charge is 0.349 e. The fraction of sp³-hybridized carbons (Fsp3) is 0.310. The summed E-state index contributed by atoms with van der Waals surface area (Å²) in [6, 6.07) is 18.8. The van der Waals surface area contributed by atoms with Gasteiger partial charge in [0, 0.05) is 30.8 Å². The SMILES string of the molecule is CCOc1cc(C(Cc2ccc(C(=N)N)cc2)c2nn(-c3ccccn3)c(=O)[nH]2)ccc1OC1CCN(C)C1. The van der Waals surface area contributed by atoms with E-state index in [0.29, 0.717) is 41.7 Å². The van der Waals surface area contributed by atoms with Crippen molar-refractivity contribution in [2.45, 2.75) is 31.8 Å². The molecule has 2 aromatic carbocycles. The number of nitrogen functional groups attached to an aromatic ring is 1. The standard InChI is InChI=1S/C29H33N7O3/c1-3-38-25-17-21(11-12-24(25)39-22-13-15-35(2)18-22)23(16-19-7-9-20(10-8-19)27(30)31)28-33-29(37)36(34-28)26-6-4-5-14-32-26/h4-12,14,17,22-23H,3,13,15-16,18H2,1-2H3,(H3,30,31)(H,33,34,37). The van der Waals surface area contributed by atoms with E-state index in [1.54, 1.807) is 18.3 Å². The van der Waals surface area contributed by atoms with Crippen molar-refractivity contribution in [3.05, 3.63) is 99.9 Å². The van der Waals surface area contributed by atoms with Crippen LogP contribution in [0.15, 0.2) is 71.7 Å². The monoisotopic (exact) mass is 527 g/mol. The Morgan fingerprint density at radius 1 is 1.18 bits per heavy atom. The van der Waals surface area contributed by atoms with Gasteiger partial charge in [-0.25, -0.2) is 9.78 Å². The zero-order chi connectivity index (χ0) is 27.4. The van der Waals surface area contributed by atoms with E-state index in [-0.39, 0.29) is 23.5 Å². The zero-order valence-corrected chi connectivity index (χ0v) is 22.1. The summed E-state index contributed by atoms with van der Waals surface area (Å²) in [5, 5.41) is 12.3. The minimum Gasteiger partial charge on any atom is -0.490 e. The average Bonchev–Trinajstić information content (AvgIpc) is 3.54. The molecule has 1 aliphatic rings. The summed E-state index contributed by atoms with van der Waals surface area (Å²) < 4.78 is 13.6. The number of hydrogen-bond donors (Lipinski definition) is 3. The lowest BCUT2D eigenvalue weighted by molar-refractivity contribution is 0.195. The Balaban J connectivity index is 1.52. The fourth-order valence-electron chi connectivity index (χ4n) is 4.84. The van der Waals surface area contributed by atoms with Gasteiger partial charge < -0.3 is 20.1 Å². The number of nitrogens with one attached hydrogen (secondary N) is 2. The van der Waals surface area contributed by atoms with E-state index >= 15 is 0 Å². The summed E-state index contributed by atoms with van der Waals surface area (Å²) in [5.41, 5.74) is 7.86. The number of ether oxygens (including phenoxy) is 2. The number of likely N-dealkylation sites (N-methyl/N-ethyl adjacent to an activating group) is 1. The number of rotatable bonds is 10. The maximum Gasteiger partial charge on any atom is 0.349 e. The first-order valence-electron chi connectivity index (χ1n) is 13.1. The highest BCUT2D eigenvalue weighted by Gasteiger charge is 2.25. The molecule has 1 aliphatic heterocycles. The molecule has 39 heavy (non-hydrogen) atoms. The maximum atomic E-state index is 12.9. The number of nitrogens with zero attached hydrogens (tertiary/aromatic N) is 4. The van der Waals surface area contributed by atoms with Crippen LogP contribution in [0.1, 0.15) is 41.8 Å². The van der Waals surface area contributed by atoms with Crippen LogP contribution in [0.3, 0.4) is 0 Å². The van der Waals surface area contributed by atoms with Crippen LogP contribution in [0, 0.1) is 5.41 Å². The molecule has 5 rings (SSSR count). The third-order valence-corrected chi connectivity index (χ3v) is 6.85. The van der Waals surface area contributed by atoms with Crippen LogP contribution in [0.4, 0.5) is 0 Å².